The number of morpholine rings is 1. The average Bonchev–Trinajstić information content (AvgIpc) is 3.10. The zero-order chi connectivity index (χ0) is 16.1. The van der Waals surface area contributed by atoms with Crippen LogP contribution in [0.3, 0.4) is 0 Å². The highest BCUT2D eigenvalue weighted by atomic mass is 16.5. The molecule has 1 aliphatic heterocycles. The molecule has 5 rings (SSSR count). The van der Waals surface area contributed by atoms with Gasteiger partial charge in [0.15, 0.2) is 0 Å². The third-order valence-corrected chi connectivity index (χ3v) is 8.73. The second kappa shape index (κ2) is 6.55. The summed E-state index contributed by atoms with van der Waals surface area (Å²) in [5, 5.41) is 10.8. The van der Waals surface area contributed by atoms with E-state index in [0.29, 0.717) is 6.04 Å². The molecule has 0 aromatic rings. The fourth-order valence-corrected chi connectivity index (χ4v) is 7.72. The van der Waals surface area contributed by atoms with E-state index >= 15 is 0 Å². The number of hydrogen-bond acceptors (Lipinski definition) is 3. The van der Waals surface area contributed by atoms with Crippen LogP contribution in [0.2, 0.25) is 0 Å². The van der Waals surface area contributed by atoms with Gasteiger partial charge < -0.3 is 9.84 Å². The van der Waals surface area contributed by atoms with E-state index in [9.17, 15) is 5.11 Å². The van der Waals surface area contributed by atoms with Crippen LogP contribution in [0.1, 0.15) is 57.8 Å². The Labute approximate surface area is 147 Å². The quantitative estimate of drug-likeness (QED) is 0.799. The van der Waals surface area contributed by atoms with Gasteiger partial charge in [-0.15, -0.1) is 0 Å². The van der Waals surface area contributed by atoms with E-state index in [1.807, 2.05) is 0 Å². The van der Waals surface area contributed by atoms with Gasteiger partial charge in [0.2, 0.25) is 0 Å². The summed E-state index contributed by atoms with van der Waals surface area (Å²) in [4.78, 5) is 2.55. The molecule has 5 fully saturated rings. The van der Waals surface area contributed by atoms with E-state index in [4.69, 9.17) is 4.74 Å². The summed E-state index contributed by atoms with van der Waals surface area (Å²) >= 11 is 0. The van der Waals surface area contributed by atoms with Gasteiger partial charge >= 0.3 is 0 Å². The molecule has 6 unspecified atom stereocenters. The zero-order valence-corrected chi connectivity index (χ0v) is 15.1. The first-order valence-corrected chi connectivity index (χ1v) is 10.8. The van der Waals surface area contributed by atoms with Gasteiger partial charge in [-0.1, -0.05) is 12.8 Å². The molecule has 0 amide bonds. The zero-order valence-electron chi connectivity index (χ0n) is 15.1. The highest BCUT2D eigenvalue weighted by Crippen LogP contribution is 2.58. The maximum atomic E-state index is 10.8. The molecule has 0 radical (unpaired) electrons. The molecule has 1 heterocycles. The van der Waals surface area contributed by atoms with Crippen LogP contribution in [0.5, 0.6) is 0 Å². The van der Waals surface area contributed by atoms with Gasteiger partial charge in [0.25, 0.3) is 0 Å². The van der Waals surface area contributed by atoms with Gasteiger partial charge in [-0.25, -0.2) is 0 Å². The number of rotatable bonds is 1. The molecular weight excluding hydrogens is 298 g/mol. The number of hydrogen-bond donors (Lipinski definition) is 1. The van der Waals surface area contributed by atoms with Crippen LogP contribution in [0.15, 0.2) is 0 Å². The smallest absolute Gasteiger partial charge is 0.0698 e. The van der Waals surface area contributed by atoms with Crippen molar-refractivity contribution in [2.45, 2.75) is 69.9 Å². The second-order valence-corrected chi connectivity index (χ2v) is 9.52. The predicted octanol–water partition coefficient (Wildman–Crippen LogP) is 3.31. The third kappa shape index (κ3) is 2.66. The van der Waals surface area contributed by atoms with Crippen molar-refractivity contribution in [3.05, 3.63) is 0 Å². The summed E-state index contributed by atoms with van der Waals surface area (Å²) in [5.41, 5.74) is 0. The van der Waals surface area contributed by atoms with Crippen LogP contribution in [0.25, 0.3) is 0 Å². The lowest BCUT2D eigenvalue weighted by molar-refractivity contribution is -0.0977. The fraction of sp³-hybridized carbons (Fsp3) is 1.00. The van der Waals surface area contributed by atoms with Gasteiger partial charge in [-0.05, 0) is 80.5 Å². The van der Waals surface area contributed by atoms with E-state index in [2.05, 4.69) is 4.90 Å². The van der Waals surface area contributed by atoms with E-state index < -0.39 is 0 Å². The molecule has 24 heavy (non-hydrogen) atoms. The Morgan fingerprint density at radius 2 is 1.46 bits per heavy atom. The summed E-state index contributed by atoms with van der Waals surface area (Å²) < 4.78 is 5.54. The van der Waals surface area contributed by atoms with Crippen molar-refractivity contribution >= 4 is 0 Å². The number of nitrogens with zero attached hydrogens (tertiary/aromatic N) is 1. The molecule has 0 aromatic heterocycles. The Kier molecular flexibility index (Phi) is 4.39. The molecule has 0 bridgehead atoms. The van der Waals surface area contributed by atoms with Crippen molar-refractivity contribution in [2.24, 2.45) is 35.5 Å². The normalized spacial score (nSPS) is 52.4. The molecule has 0 aromatic carbocycles. The van der Waals surface area contributed by atoms with Crippen molar-refractivity contribution in [2.75, 3.05) is 26.3 Å². The van der Waals surface area contributed by atoms with Crippen molar-refractivity contribution in [3.8, 4) is 0 Å². The average molecular weight is 334 g/mol. The lowest BCUT2D eigenvalue weighted by Crippen LogP contribution is -2.56. The van der Waals surface area contributed by atoms with Crippen LogP contribution in [-0.2, 0) is 4.74 Å². The van der Waals surface area contributed by atoms with E-state index in [1.54, 1.807) is 0 Å². The van der Waals surface area contributed by atoms with Crippen molar-refractivity contribution in [1.82, 2.24) is 4.90 Å². The molecule has 4 aliphatic carbocycles. The molecule has 136 valence electrons. The Morgan fingerprint density at radius 1 is 0.708 bits per heavy atom. The second-order valence-electron chi connectivity index (χ2n) is 9.52. The van der Waals surface area contributed by atoms with Crippen LogP contribution in [0, 0.1) is 35.5 Å². The fourth-order valence-electron chi connectivity index (χ4n) is 7.72. The third-order valence-electron chi connectivity index (χ3n) is 8.73. The summed E-state index contributed by atoms with van der Waals surface area (Å²) in [6, 6.07) is 0.412. The SMILES string of the molecule is O[C@H]1CC2CCC3C4CCCC4CCC3C2C[C@@H]1N1CCOCC1. The highest BCUT2D eigenvalue weighted by molar-refractivity contribution is 5.02. The molecule has 1 N–H and O–H groups in total. The van der Waals surface area contributed by atoms with Crippen LogP contribution < -0.4 is 0 Å². The Bertz CT molecular complexity index is 449. The Balaban J connectivity index is 1.33. The molecule has 1 saturated heterocycles. The molecule has 4 saturated carbocycles. The minimum absolute atomic E-state index is 0.0938. The number of ether oxygens (including phenoxy) is 1. The summed E-state index contributed by atoms with van der Waals surface area (Å²) in [7, 11) is 0. The van der Waals surface area contributed by atoms with Gasteiger partial charge in [-0.3, -0.25) is 4.90 Å². The standard InChI is InChI=1S/C21H35NO2/c23-21-12-15-5-7-17-16-3-1-2-14(16)4-6-18(17)19(15)13-20(21)22-8-10-24-11-9-22/h14-21,23H,1-13H2/t14?,15?,16?,17?,18?,19?,20-,21-/m0/s1. The number of aliphatic hydroxyl groups excluding tert-OH is 1. The first-order chi connectivity index (χ1) is 11.8. The largest absolute Gasteiger partial charge is 0.391 e. The number of aliphatic hydroxyl groups is 1. The van der Waals surface area contributed by atoms with Crippen molar-refractivity contribution in [3.63, 3.8) is 0 Å². The minimum Gasteiger partial charge on any atom is -0.391 e. The maximum absolute atomic E-state index is 10.8. The lowest BCUT2D eigenvalue weighted by Gasteiger charge is -2.55. The summed E-state index contributed by atoms with van der Waals surface area (Å²) in [6.45, 7) is 3.76. The summed E-state index contributed by atoms with van der Waals surface area (Å²) in [5.74, 6) is 5.88. The van der Waals surface area contributed by atoms with Gasteiger partial charge in [0.1, 0.15) is 0 Å². The maximum Gasteiger partial charge on any atom is 0.0698 e. The van der Waals surface area contributed by atoms with Crippen molar-refractivity contribution < 1.29 is 9.84 Å². The molecule has 8 atom stereocenters. The minimum atomic E-state index is -0.0938. The lowest BCUT2D eigenvalue weighted by atomic mass is 9.53. The topological polar surface area (TPSA) is 32.7 Å². The molecule has 3 nitrogen and oxygen atoms in total. The molecular formula is C21H35NO2. The van der Waals surface area contributed by atoms with Gasteiger partial charge in [0, 0.05) is 19.1 Å². The number of fused-ring (bicyclic) bond motifs is 5. The highest BCUT2D eigenvalue weighted by Gasteiger charge is 2.51. The van der Waals surface area contributed by atoms with E-state index in [1.165, 1.54) is 51.4 Å². The van der Waals surface area contributed by atoms with Gasteiger partial charge in [0.05, 0.1) is 19.3 Å². The van der Waals surface area contributed by atoms with Gasteiger partial charge in [-0.2, -0.15) is 0 Å². The van der Waals surface area contributed by atoms with Crippen LogP contribution in [0.4, 0.5) is 0 Å². The summed E-state index contributed by atoms with van der Waals surface area (Å²) in [6.07, 6.45) is 12.7. The van der Waals surface area contributed by atoms with Crippen molar-refractivity contribution in [1.29, 1.82) is 0 Å². The molecule has 5 aliphatic rings. The predicted molar refractivity (Wildman–Crippen MR) is 94.7 cm³/mol. The first-order valence-electron chi connectivity index (χ1n) is 10.8. The van der Waals surface area contributed by atoms with E-state index in [0.717, 1.165) is 68.2 Å². The van der Waals surface area contributed by atoms with Crippen LogP contribution >= 0.6 is 0 Å². The van der Waals surface area contributed by atoms with E-state index in [-0.39, 0.29) is 6.10 Å². The molecule has 3 heteroatoms. The molecule has 0 spiro atoms. The Hall–Kier alpha value is -0.120. The Morgan fingerprint density at radius 3 is 2.29 bits per heavy atom. The van der Waals surface area contributed by atoms with Crippen LogP contribution in [-0.4, -0.2) is 48.5 Å². The monoisotopic (exact) mass is 333 g/mol. The first kappa shape index (κ1) is 16.1.